The summed E-state index contributed by atoms with van der Waals surface area (Å²) < 4.78 is 5.60. The molecule has 27 heavy (non-hydrogen) atoms. The van der Waals surface area contributed by atoms with Crippen LogP contribution in [0.5, 0.6) is 0 Å². The minimum absolute atomic E-state index is 0.117. The fraction of sp³-hybridized carbons (Fsp3) is 0.450. The molecule has 0 radical (unpaired) electrons. The molecule has 0 aliphatic heterocycles. The predicted molar refractivity (Wildman–Crippen MR) is 102 cm³/mol. The van der Waals surface area contributed by atoms with Crippen molar-refractivity contribution in [2.75, 3.05) is 5.32 Å². The van der Waals surface area contributed by atoms with E-state index >= 15 is 0 Å². The quantitative estimate of drug-likeness (QED) is 0.734. The van der Waals surface area contributed by atoms with Crippen molar-refractivity contribution in [2.24, 2.45) is 5.92 Å². The normalized spacial score (nSPS) is 14.8. The first-order chi connectivity index (χ1) is 13.1. The maximum absolute atomic E-state index is 5.60. The van der Waals surface area contributed by atoms with E-state index in [1.807, 2.05) is 19.1 Å². The molecule has 1 N–H and O–H groups in total. The van der Waals surface area contributed by atoms with Crippen molar-refractivity contribution in [1.29, 1.82) is 0 Å². The van der Waals surface area contributed by atoms with Crippen LogP contribution in [-0.2, 0) is 12.8 Å². The molecule has 7 heteroatoms. The van der Waals surface area contributed by atoms with E-state index in [9.17, 15) is 0 Å². The molecule has 0 aromatic carbocycles. The highest BCUT2D eigenvalue weighted by Crippen LogP contribution is 2.31. The van der Waals surface area contributed by atoms with E-state index in [4.69, 9.17) is 4.52 Å². The molecule has 1 unspecified atom stereocenters. The summed E-state index contributed by atoms with van der Waals surface area (Å²) in [5, 5.41) is 7.72. The molecule has 3 heterocycles. The van der Waals surface area contributed by atoms with Gasteiger partial charge in [-0.25, -0.2) is 9.97 Å². The second kappa shape index (κ2) is 7.42. The van der Waals surface area contributed by atoms with Crippen molar-refractivity contribution in [1.82, 2.24) is 25.1 Å². The molecule has 0 spiro atoms. The molecule has 1 aliphatic rings. The van der Waals surface area contributed by atoms with Gasteiger partial charge in [-0.2, -0.15) is 4.98 Å². The molecule has 140 valence electrons. The SMILES string of the molecule is Cc1nc2c(c(NC(c3nc(-c4ccncc4)no3)C(C)C)n1)CCCC2. The van der Waals surface area contributed by atoms with Gasteiger partial charge in [-0.15, -0.1) is 0 Å². The van der Waals surface area contributed by atoms with Crippen LogP contribution in [-0.4, -0.2) is 25.1 Å². The van der Waals surface area contributed by atoms with Crippen molar-refractivity contribution in [3.05, 3.63) is 47.5 Å². The van der Waals surface area contributed by atoms with Gasteiger partial charge in [-0.3, -0.25) is 4.98 Å². The molecule has 3 aromatic rings. The molecule has 0 saturated carbocycles. The smallest absolute Gasteiger partial charge is 0.249 e. The van der Waals surface area contributed by atoms with Crippen LogP contribution >= 0.6 is 0 Å². The summed E-state index contributed by atoms with van der Waals surface area (Å²) >= 11 is 0. The lowest BCUT2D eigenvalue weighted by Gasteiger charge is -2.24. The maximum atomic E-state index is 5.60. The highest BCUT2D eigenvalue weighted by Gasteiger charge is 2.26. The van der Waals surface area contributed by atoms with Crippen molar-refractivity contribution < 1.29 is 4.52 Å². The Morgan fingerprint density at radius 2 is 1.81 bits per heavy atom. The van der Waals surface area contributed by atoms with Gasteiger partial charge < -0.3 is 9.84 Å². The fourth-order valence-electron chi connectivity index (χ4n) is 3.48. The van der Waals surface area contributed by atoms with E-state index < -0.39 is 0 Å². The van der Waals surface area contributed by atoms with Crippen molar-refractivity contribution in [3.63, 3.8) is 0 Å². The van der Waals surface area contributed by atoms with Crippen LogP contribution in [0.15, 0.2) is 29.0 Å². The summed E-state index contributed by atoms with van der Waals surface area (Å²) in [6.45, 7) is 6.21. The number of aromatic nitrogens is 5. The predicted octanol–water partition coefficient (Wildman–Crippen LogP) is 3.92. The zero-order chi connectivity index (χ0) is 18.8. The van der Waals surface area contributed by atoms with Crippen LogP contribution < -0.4 is 5.32 Å². The number of aryl methyl sites for hydroxylation is 2. The van der Waals surface area contributed by atoms with Gasteiger partial charge >= 0.3 is 0 Å². The van der Waals surface area contributed by atoms with Crippen molar-refractivity contribution >= 4 is 5.82 Å². The Kier molecular flexibility index (Phi) is 4.83. The van der Waals surface area contributed by atoms with E-state index in [1.54, 1.807) is 12.4 Å². The zero-order valence-corrected chi connectivity index (χ0v) is 15.9. The summed E-state index contributed by atoms with van der Waals surface area (Å²) in [6.07, 6.45) is 7.84. The number of fused-ring (bicyclic) bond motifs is 1. The topological polar surface area (TPSA) is 89.6 Å². The Morgan fingerprint density at radius 3 is 2.59 bits per heavy atom. The molecule has 0 amide bonds. The lowest BCUT2D eigenvalue weighted by molar-refractivity contribution is 0.335. The summed E-state index contributed by atoms with van der Waals surface area (Å²) in [6, 6.07) is 3.63. The molecule has 4 rings (SSSR count). The van der Waals surface area contributed by atoms with Crippen LogP contribution in [0.3, 0.4) is 0 Å². The van der Waals surface area contributed by atoms with Gasteiger partial charge in [0.15, 0.2) is 0 Å². The molecule has 1 aliphatic carbocycles. The molecule has 0 fully saturated rings. The number of pyridine rings is 1. The van der Waals surface area contributed by atoms with Gasteiger partial charge in [0.1, 0.15) is 17.7 Å². The van der Waals surface area contributed by atoms with Gasteiger partial charge in [-0.05, 0) is 50.7 Å². The Balaban J connectivity index is 1.65. The fourth-order valence-corrected chi connectivity index (χ4v) is 3.48. The molecular formula is C20H24N6O. The van der Waals surface area contributed by atoms with Crippen LogP contribution in [0.2, 0.25) is 0 Å². The summed E-state index contributed by atoms with van der Waals surface area (Å²) in [7, 11) is 0. The lowest BCUT2D eigenvalue weighted by atomic mass is 9.95. The Bertz CT molecular complexity index is 921. The van der Waals surface area contributed by atoms with Crippen LogP contribution in [0.1, 0.15) is 55.7 Å². The van der Waals surface area contributed by atoms with Crippen molar-refractivity contribution in [3.8, 4) is 11.4 Å². The Hall–Kier alpha value is -2.83. The summed E-state index contributed by atoms with van der Waals surface area (Å²) in [5.74, 6) is 3.09. The number of anilines is 1. The second-order valence-corrected chi connectivity index (χ2v) is 7.31. The highest BCUT2D eigenvalue weighted by atomic mass is 16.5. The van der Waals surface area contributed by atoms with E-state index in [0.29, 0.717) is 11.7 Å². The van der Waals surface area contributed by atoms with E-state index in [2.05, 4.69) is 44.3 Å². The number of nitrogens with one attached hydrogen (secondary N) is 1. The number of hydrogen-bond acceptors (Lipinski definition) is 7. The first kappa shape index (κ1) is 17.6. The third kappa shape index (κ3) is 3.67. The van der Waals surface area contributed by atoms with Gasteiger partial charge in [0, 0.05) is 29.2 Å². The van der Waals surface area contributed by atoms with E-state index in [1.165, 1.54) is 24.1 Å². The van der Waals surface area contributed by atoms with Gasteiger partial charge in [0.2, 0.25) is 11.7 Å². The minimum Gasteiger partial charge on any atom is -0.358 e. The Labute approximate surface area is 158 Å². The van der Waals surface area contributed by atoms with Crippen molar-refractivity contribution in [2.45, 2.75) is 52.5 Å². The zero-order valence-electron chi connectivity index (χ0n) is 15.9. The average Bonchev–Trinajstić information content (AvgIpc) is 3.16. The van der Waals surface area contributed by atoms with Crippen LogP contribution in [0, 0.1) is 12.8 Å². The maximum Gasteiger partial charge on any atom is 0.249 e. The van der Waals surface area contributed by atoms with Crippen LogP contribution in [0.25, 0.3) is 11.4 Å². The molecular weight excluding hydrogens is 340 g/mol. The average molecular weight is 364 g/mol. The molecule has 0 bridgehead atoms. The monoisotopic (exact) mass is 364 g/mol. The Morgan fingerprint density at radius 1 is 1.04 bits per heavy atom. The molecule has 1 atom stereocenters. The number of nitrogens with zero attached hydrogens (tertiary/aromatic N) is 5. The second-order valence-electron chi connectivity index (χ2n) is 7.31. The molecule has 0 saturated heterocycles. The standard InChI is InChI=1S/C20H24N6O/c1-12(2)17(20-25-18(26-27-20)14-8-10-21-11-9-14)24-19-15-6-4-5-7-16(15)22-13(3)23-19/h8-12,17H,4-7H2,1-3H3,(H,22,23,24). The van der Waals surface area contributed by atoms with E-state index in [-0.39, 0.29) is 12.0 Å². The third-order valence-corrected chi connectivity index (χ3v) is 4.90. The summed E-state index contributed by atoms with van der Waals surface area (Å²) in [5.41, 5.74) is 3.28. The van der Waals surface area contributed by atoms with Gasteiger partial charge in [0.05, 0.1) is 0 Å². The molecule has 3 aromatic heterocycles. The summed E-state index contributed by atoms with van der Waals surface area (Å²) in [4.78, 5) is 18.0. The first-order valence-corrected chi connectivity index (χ1v) is 9.48. The van der Waals surface area contributed by atoms with Gasteiger partial charge in [0.25, 0.3) is 0 Å². The number of hydrogen-bond donors (Lipinski definition) is 1. The third-order valence-electron chi connectivity index (χ3n) is 4.90. The van der Waals surface area contributed by atoms with Gasteiger partial charge in [-0.1, -0.05) is 19.0 Å². The molecule has 7 nitrogen and oxygen atoms in total. The highest BCUT2D eigenvalue weighted by molar-refractivity contribution is 5.53. The minimum atomic E-state index is -0.117. The lowest BCUT2D eigenvalue weighted by Crippen LogP contribution is -2.21. The largest absolute Gasteiger partial charge is 0.358 e. The van der Waals surface area contributed by atoms with E-state index in [0.717, 1.165) is 30.0 Å². The van der Waals surface area contributed by atoms with Crippen LogP contribution in [0.4, 0.5) is 5.82 Å². The first-order valence-electron chi connectivity index (χ1n) is 9.48. The number of rotatable bonds is 5.